The predicted octanol–water partition coefficient (Wildman–Crippen LogP) is 4.06. The number of urea groups is 1. The van der Waals surface area contributed by atoms with Crippen LogP contribution in [0.4, 0.5) is 10.5 Å². The summed E-state index contributed by atoms with van der Waals surface area (Å²) in [5.41, 5.74) is 4.83. The first-order chi connectivity index (χ1) is 13.2. The van der Waals surface area contributed by atoms with Gasteiger partial charge >= 0.3 is 6.03 Å². The average Bonchev–Trinajstić information content (AvgIpc) is 2.60. The minimum Gasteiger partial charge on any atom is -0.352 e. The molecule has 0 bridgehead atoms. The highest BCUT2D eigenvalue weighted by Gasteiger charge is 2.16. The second kappa shape index (κ2) is 9.35. The molecule has 150 valence electrons. The lowest BCUT2D eigenvalue weighted by Gasteiger charge is -2.20. The fourth-order valence-electron chi connectivity index (χ4n) is 2.94. The highest BCUT2D eigenvalue weighted by Crippen LogP contribution is 2.20. The summed E-state index contributed by atoms with van der Waals surface area (Å²) in [5.74, 6) is 0.245. The molecule has 0 unspecified atom stereocenters. The number of hydrogen-bond acceptors (Lipinski definition) is 3. The number of aromatic nitrogens is 1. The Morgan fingerprint density at radius 2 is 1.86 bits per heavy atom. The van der Waals surface area contributed by atoms with Gasteiger partial charge in [0.2, 0.25) is 0 Å². The molecular weight excluding hydrogens is 352 g/mol. The zero-order chi connectivity index (χ0) is 20.8. The Morgan fingerprint density at radius 1 is 1.14 bits per heavy atom. The molecule has 0 atom stereocenters. The van der Waals surface area contributed by atoms with E-state index in [1.54, 1.807) is 30.1 Å². The van der Waals surface area contributed by atoms with Crippen LogP contribution in [0.25, 0.3) is 0 Å². The number of nitrogens with zero attached hydrogens (tertiary/aromatic N) is 2. The number of nitrogens with one attached hydrogen (secondary N) is 2. The summed E-state index contributed by atoms with van der Waals surface area (Å²) in [7, 11) is 1.73. The molecule has 0 saturated carbocycles. The Labute approximate surface area is 167 Å². The molecule has 0 aliphatic rings. The van der Waals surface area contributed by atoms with Crippen molar-refractivity contribution in [2.45, 2.75) is 41.2 Å². The van der Waals surface area contributed by atoms with Crippen LogP contribution in [-0.4, -0.2) is 35.4 Å². The number of pyridine rings is 1. The van der Waals surface area contributed by atoms with Crippen molar-refractivity contribution in [2.24, 2.45) is 5.92 Å². The van der Waals surface area contributed by atoms with Gasteiger partial charge in [-0.1, -0.05) is 19.9 Å². The molecule has 6 nitrogen and oxygen atoms in total. The third-order valence-corrected chi connectivity index (χ3v) is 4.39. The van der Waals surface area contributed by atoms with Gasteiger partial charge in [0.15, 0.2) is 0 Å². The van der Waals surface area contributed by atoms with Crippen molar-refractivity contribution in [3.05, 3.63) is 58.4 Å². The van der Waals surface area contributed by atoms with Gasteiger partial charge in [0, 0.05) is 30.5 Å². The highest BCUT2D eigenvalue weighted by molar-refractivity contribution is 5.99. The Balaban J connectivity index is 2.08. The third kappa shape index (κ3) is 5.81. The van der Waals surface area contributed by atoms with Crippen LogP contribution in [0.3, 0.4) is 0 Å². The zero-order valence-electron chi connectivity index (χ0n) is 17.6. The van der Waals surface area contributed by atoms with Crippen molar-refractivity contribution in [1.29, 1.82) is 0 Å². The first kappa shape index (κ1) is 21.4. The van der Waals surface area contributed by atoms with Crippen molar-refractivity contribution in [2.75, 3.05) is 18.9 Å². The SMILES string of the molecule is Cc1cc(C)nc(CN(C)C(=O)Nc2cccc(C(=O)NCC(C)C)c2C)c1. The molecule has 0 spiro atoms. The van der Waals surface area contributed by atoms with Crippen LogP contribution in [0.5, 0.6) is 0 Å². The van der Waals surface area contributed by atoms with Gasteiger partial charge in [0.25, 0.3) is 5.91 Å². The van der Waals surface area contributed by atoms with Crippen molar-refractivity contribution in [3.8, 4) is 0 Å². The topological polar surface area (TPSA) is 74.3 Å². The van der Waals surface area contributed by atoms with Crippen LogP contribution in [0, 0.1) is 26.7 Å². The van der Waals surface area contributed by atoms with Gasteiger partial charge in [0.1, 0.15) is 0 Å². The molecule has 1 aromatic carbocycles. The summed E-state index contributed by atoms with van der Waals surface area (Å²) in [6.07, 6.45) is 0. The van der Waals surface area contributed by atoms with E-state index in [2.05, 4.69) is 15.6 Å². The summed E-state index contributed by atoms with van der Waals surface area (Å²) in [4.78, 5) is 31.1. The highest BCUT2D eigenvalue weighted by atomic mass is 16.2. The molecular formula is C22H30N4O2. The van der Waals surface area contributed by atoms with E-state index >= 15 is 0 Å². The number of benzene rings is 1. The summed E-state index contributed by atoms with van der Waals surface area (Å²) < 4.78 is 0. The lowest BCUT2D eigenvalue weighted by molar-refractivity contribution is 0.0948. The second-order valence-electron chi connectivity index (χ2n) is 7.65. The molecule has 28 heavy (non-hydrogen) atoms. The number of carbonyl (C=O) groups excluding carboxylic acids is 2. The van der Waals surface area contributed by atoms with Crippen LogP contribution in [0.2, 0.25) is 0 Å². The van der Waals surface area contributed by atoms with Gasteiger partial charge in [-0.2, -0.15) is 0 Å². The van der Waals surface area contributed by atoms with Gasteiger partial charge in [-0.15, -0.1) is 0 Å². The van der Waals surface area contributed by atoms with Gasteiger partial charge in [-0.25, -0.2) is 4.79 Å². The average molecular weight is 383 g/mol. The van der Waals surface area contributed by atoms with E-state index in [4.69, 9.17) is 0 Å². The zero-order valence-corrected chi connectivity index (χ0v) is 17.6. The molecule has 6 heteroatoms. The third-order valence-electron chi connectivity index (χ3n) is 4.39. The largest absolute Gasteiger partial charge is 0.352 e. The summed E-state index contributed by atoms with van der Waals surface area (Å²) in [6.45, 7) is 10.9. The van der Waals surface area contributed by atoms with E-state index < -0.39 is 0 Å². The standard InChI is InChI=1S/C22H30N4O2/c1-14(2)12-23-21(27)19-8-7-9-20(17(19)5)25-22(28)26(6)13-18-11-15(3)10-16(4)24-18/h7-11,14H,12-13H2,1-6H3,(H,23,27)(H,25,28). The fourth-order valence-corrected chi connectivity index (χ4v) is 2.94. The van der Waals surface area contributed by atoms with Gasteiger partial charge in [0.05, 0.1) is 12.2 Å². The molecule has 3 amide bonds. The van der Waals surface area contributed by atoms with E-state index in [1.165, 1.54) is 0 Å². The molecule has 0 fully saturated rings. The molecule has 0 saturated heterocycles. The number of rotatable bonds is 6. The number of carbonyl (C=O) groups is 2. The monoisotopic (exact) mass is 382 g/mol. The lowest BCUT2D eigenvalue weighted by Crippen LogP contribution is -2.32. The summed E-state index contributed by atoms with van der Waals surface area (Å²) in [6, 6.07) is 9.07. The normalized spacial score (nSPS) is 10.7. The maximum Gasteiger partial charge on any atom is 0.321 e. The van der Waals surface area contributed by atoms with Gasteiger partial charge < -0.3 is 15.5 Å². The Morgan fingerprint density at radius 3 is 2.50 bits per heavy atom. The van der Waals surface area contributed by atoms with Crippen LogP contribution in [0.1, 0.15) is 46.7 Å². The Kier molecular flexibility index (Phi) is 7.15. The minimum atomic E-state index is -0.246. The molecule has 2 aromatic rings. The molecule has 0 aliphatic carbocycles. The van der Waals surface area contributed by atoms with Crippen molar-refractivity contribution in [3.63, 3.8) is 0 Å². The van der Waals surface area contributed by atoms with Crippen molar-refractivity contribution >= 4 is 17.6 Å². The molecule has 0 aliphatic heterocycles. The van der Waals surface area contributed by atoms with Gasteiger partial charge in [-0.3, -0.25) is 9.78 Å². The van der Waals surface area contributed by atoms with E-state index in [9.17, 15) is 9.59 Å². The summed E-state index contributed by atoms with van der Waals surface area (Å²) >= 11 is 0. The van der Waals surface area contributed by atoms with E-state index in [1.807, 2.05) is 46.8 Å². The molecule has 1 aromatic heterocycles. The molecule has 0 radical (unpaired) electrons. The smallest absolute Gasteiger partial charge is 0.321 e. The maximum absolute atomic E-state index is 12.6. The van der Waals surface area contributed by atoms with Crippen molar-refractivity contribution in [1.82, 2.24) is 15.2 Å². The lowest BCUT2D eigenvalue weighted by atomic mass is 10.1. The van der Waals surface area contributed by atoms with Gasteiger partial charge in [-0.05, 0) is 62.1 Å². The molecule has 2 N–H and O–H groups in total. The number of anilines is 1. The Hall–Kier alpha value is -2.89. The second-order valence-corrected chi connectivity index (χ2v) is 7.65. The van der Waals surface area contributed by atoms with E-state index in [0.29, 0.717) is 30.3 Å². The first-order valence-electron chi connectivity index (χ1n) is 9.51. The van der Waals surface area contributed by atoms with Crippen LogP contribution in [-0.2, 0) is 6.54 Å². The number of hydrogen-bond donors (Lipinski definition) is 2. The summed E-state index contributed by atoms with van der Waals surface area (Å²) in [5, 5.41) is 5.81. The Bertz CT molecular complexity index is 841. The fraction of sp³-hybridized carbons (Fsp3) is 0.409. The quantitative estimate of drug-likeness (QED) is 0.791. The first-order valence-corrected chi connectivity index (χ1v) is 9.51. The molecule has 2 rings (SSSR count). The molecule has 1 heterocycles. The van der Waals surface area contributed by atoms with Crippen molar-refractivity contribution < 1.29 is 9.59 Å². The van der Waals surface area contributed by atoms with Crippen LogP contribution >= 0.6 is 0 Å². The minimum absolute atomic E-state index is 0.130. The number of amides is 3. The van der Waals surface area contributed by atoms with E-state index in [-0.39, 0.29) is 11.9 Å². The maximum atomic E-state index is 12.6. The van der Waals surface area contributed by atoms with E-state index in [0.717, 1.165) is 22.5 Å². The number of aryl methyl sites for hydroxylation is 2. The predicted molar refractivity (Wildman–Crippen MR) is 113 cm³/mol. The van der Waals surface area contributed by atoms with Crippen LogP contribution < -0.4 is 10.6 Å². The van der Waals surface area contributed by atoms with Crippen LogP contribution in [0.15, 0.2) is 30.3 Å².